The Bertz CT molecular complexity index is 113. The van der Waals surface area contributed by atoms with Crippen LogP contribution >= 0.6 is 15.9 Å². The molecule has 0 N–H and O–H groups in total. The topological polar surface area (TPSA) is 57.2 Å². The molecule has 0 radical (unpaired) electrons. The van der Waals surface area contributed by atoms with E-state index in [1.165, 1.54) is 0 Å². The Morgan fingerprint density at radius 3 is 2.38 bits per heavy atom. The van der Waals surface area contributed by atoms with Crippen molar-refractivity contribution in [2.45, 2.75) is 0 Å². The third-order valence-electron chi connectivity index (χ3n) is 0.428. The third-order valence-corrected chi connectivity index (χ3v) is 1.61. The maximum atomic E-state index is 10.2. The van der Waals surface area contributed by atoms with Crippen molar-refractivity contribution in [1.82, 2.24) is 0 Å². The lowest BCUT2D eigenvalue weighted by Crippen LogP contribution is -2.10. The van der Waals surface area contributed by atoms with Gasteiger partial charge >= 0.3 is 0 Å². The molecule has 48 valence electrons. The fraction of sp³-hybridized carbons (Fsp3) is 0.667. The lowest BCUT2D eigenvalue weighted by Gasteiger charge is -1.99. The van der Waals surface area contributed by atoms with Crippen molar-refractivity contribution in [2.24, 2.45) is 0 Å². The van der Waals surface area contributed by atoms with E-state index < -0.39 is 11.1 Å². The highest BCUT2D eigenvalue weighted by Crippen LogP contribution is 1.83. The zero-order valence-corrected chi connectivity index (χ0v) is 6.33. The molecule has 1 unspecified atom stereocenters. The number of halogens is 1. The van der Waals surface area contributed by atoms with E-state index in [0.29, 0.717) is 0 Å². The molecule has 0 saturated heterocycles. The Hall–Kier alpha value is 0.260. The maximum Gasteiger partial charge on any atom is 0.154 e. The van der Waals surface area contributed by atoms with Crippen molar-refractivity contribution in [3.05, 3.63) is 0 Å². The van der Waals surface area contributed by atoms with Gasteiger partial charge in [-0.15, -0.1) is 0 Å². The molecule has 0 aliphatic heterocycles. The molecule has 0 aromatic carbocycles. The summed E-state index contributed by atoms with van der Waals surface area (Å²) in [5, 5.41) is 0.112. The standard InChI is InChI=1S/C3H5BrO3S/c4-1-3(5)2-8(6)7/h1-2H2,(H,6,7)/p-1. The van der Waals surface area contributed by atoms with Crippen molar-refractivity contribution >= 4 is 32.8 Å². The number of rotatable bonds is 3. The normalized spacial score (nSPS) is 13.2. The average Bonchev–Trinajstić information content (AvgIpc) is 1.65. The Morgan fingerprint density at radius 1 is 1.75 bits per heavy atom. The van der Waals surface area contributed by atoms with Crippen LogP contribution in [0, 0.1) is 0 Å². The summed E-state index contributed by atoms with van der Waals surface area (Å²) in [6, 6.07) is 0. The van der Waals surface area contributed by atoms with E-state index in [2.05, 4.69) is 15.9 Å². The van der Waals surface area contributed by atoms with Crippen LogP contribution in [0.4, 0.5) is 0 Å². The van der Waals surface area contributed by atoms with E-state index in [-0.39, 0.29) is 16.9 Å². The second-order valence-corrected chi connectivity index (χ2v) is 2.58. The number of carbonyl (C=O) groups excluding carboxylic acids is 1. The Morgan fingerprint density at radius 2 is 2.25 bits per heavy atom. The van der Waals surface area contributed by atoms with Gasteiger partial charge in [-0.05, 0) is 11.1 Å². The second-order valence-electron chi connectivity index (χ2n) is 1.12. The fourth-order valence-corrected chi connectivity index (χ4v) is 0.996. The van der Waals surface area contributed by atoms with Crippen molar-refractivity contribution in [3.63, 3.8) is 0 Å². The Labute approximate surface area is 57.9 Å². The van der Waals surface area contributed by atoms with E-state index in [1.807, 2.05) is 0 Å². The molecule has 0 bridgehead atoms. The zero-order valence-electron chi connectivity index (χ0n) is 3.93. The van der Waals surface area contributed by atoms with Crippen LogP contribution in [0.3, 0.4) is 0 Å². The SMILES string of the molecule is O=C(CBr)CS(=O)[O-]. The van der Waals surface area contributed by atoms with Crippen LogP contribution in [0.25, 0.3) is 0 Å². The number of hydrogen-bond acceptors (Lipinski definition) is 3. The van der Waals surface area contributed by atoms with Gasteiger partial charge in [0.25, 0.3) is 0 Å². The summed E-state index contributed by atoms with van der Waals surface area (Å²) < 4.78 is 19.5. The molecule has 8 heavy (non-hydrogen) atoms. The van der Waals surface area contributed by atoms with Gasteiger partial charge in [-0.3, -0.25) is 9.00 Å². The van der Waals surface area contributed by atoms with Gasteiger partial charge < -0.3 is 4.55 Å². The van der Waals surface area contributed by atoms with Crippen LogP contribution < -0.4 is 0 Å². The lowest BCUT2D eigenvalue weighted by atomic mass is 10.5. The van der Waals surface area contributed by atoms with Crippen LogP contribution in [0.5, 0.6) is 0 Å². The minimum Gasteiger partial charge on any atom is -0.772 e. The summed E-state index contributed by atoms with van der Waals surface area (Å²) in [6.07, 6.45) is 0. The highest BCUT2D eigenvalue weighted by molar-refractivity contribution is 9.09. The van der Waals surface area contributed by atoms with E-state index >= 15 is 0 Å². The van der Waals surface area contributed by atoms with Crippen LogP contribution in [0.1, 0.15) is 0 Å². The van der Waals surface area contributed by atoms with E-state index in [9.17, 15) is 13.6 Å². The predicted molar refractivity (Wildman–Crippen MR) is 32.6 cm³/mol. The Kier molecular flexibility index (Phi) is 4.31. The van der Waals surface area contributed by atoms with Gasteiger partial charge in [0.2, 0.25) is 0 Å². The zero-order chi connectivity index (χ0) is 6.57. The summed E-state index contributed by atoms with van der Waals surface area (Å²) in [5.74, 6) is -0.705. The molecule has 0 saturated carbocycles. The minimum absolute atomic E-state index is 0.112. The van der Waals surface area contributed by atoms with Gasteiger partial charge in [0.1, 0.15) is 0 Å². The molecule has 0 aromatic rings. The minimum atomic E-state index is -2.23. The first-order valence-electron chi connectivity index (χ1n) is 1.80. The molecule has 3 nitrogen and oxygen atoms in total. The van der Waals surface area contributed by atoms with Gasteiger partial charge in [-0.25, -0.2) is 0 Å². The number of carbonyl (C=O) groups is 1. The molecule has 5 heteroatoms. The van der Waals surface area contributed by atoms with E-state index in [1.54, 1.807) is 0 Å². The first-order valence-corrected chi connectivity index (χ1v) is 4.17. The average molecular weight is 200 g/mol. The second kappa shape index (κ2) is 4.17. The Balaban J connectivity index is 3.40. The van der Waals surface area contributed by atoms with Crippen molar-refractivity contribution in [2.75, 3.05) is 11.1 Å². The van der Waals surface area contributed by atoms with Crippen LogP contribution in [-0.4, -0.2) is 25.6 Å². The van der Waals surface area contributed by atoms with Gasteiger partial charge in [0, 0.05) is 0 Å². The van der Waals surface area contributed by atoms with Crippen molar-refractivity contribution < 1.29 is 13.6 Å². The molecule has 0 heterocycles. The molecule has 0 aromatic heterocycles. The molecule has 0 aliphatic carbocycles. The highest BCUT2D eigenvalue weighted by atomic mass is 79.9. The molecular weight excluding hydrogens is 196 g/mol. The van der Waals surface area contributed by atoms with E-state index in [4.69, 9.17) is 0 Å². The number of hydrogen-bond donors (Lipinski definition) is 0. The lowest BCUT2D eigenvalue weighted by molar-refractivity contribution is -0.114. The van der Waals surface area contributed by atoms with Crippen LogP contribution in [0.2, 0.25) is 0 Å². The number of ketones is 1. The largest absolute Gasteiger partial charge is 0.772 e. The molecule has 0 fully saturated rings. The van der Waals surface area contributed by atoms with E-state index in [0.717, 1.165) is 0 Å². The summed E-state index contributed by atoms with van der Waals surface area (Å²) in [6.45, 7) is 0. The maximum absolute atomic E-state index is 10.2. The quantitative estimate of drug-likeness (QED) is 0.469. The summed E-state index contributed by atoms with van der Waals surface area (Å²) >= 11 is 0.595. The monoisotopic (exact) mass is 199 g/mol. The van der Waals surface area contributed by atoms with Crippen molar-refractivity contribution in [1.29, 1.82) is 0 Å². The van der Waals surface area contributed by atoms with Gasteiger partial charge in [0.15, 0.2) is 5.78 Å². The van der Waals surface area contributed by atoms with Crippen molar-refractivity contribution in [3.8, 4) is 0 Å². The molecule has 0 spiro atoms. The smallest absolute Gasteiger partial charge is 0.154 e. The third kappa shape index (κ3) is 4.42. The predicted octanol–water partition coefficient (Wildman–Crippen LogP) is -0.170. The van der Waals surface area contributed by atoms with Gasteiger partial charge in [-0.2, -0.15) is 0 Å². The van der Waals surface area contributed by atoms with Crippen LogP contribution in [-0.2, 0) is 15.9 Å². The summed E-state index contributed by atoms with van der Waals surface area (Å²) in [5.41, 5.74) is 0. The first kappa shape index (κ1) is 8.26. The van der Waals surface area contributed by atoms with Gasteiger partial charge in [-0.1, -0.05) is 15.9 Å². The fourth-order valence-electron chi connectivity index (χ4n) is 0.170. The highest BCUT2D eigenvalue weighted by Gasteiger charge is 1.95. The molecular formula is C3H4BrO3S-. The van der Waals surface area contributed by atoms with Crippen LogP contribution in [0.15, 0.2) is 0 Å². The molecule has 0 aliphatic rings. The molecule has 0 rings (SSSR count). The first-order chi connectivity index (χ1) is 3.66. The number of alkyl halides is 1. The summed E-state index contributed by atoms with van der Waals surface area (Å²) in [7, 11) is 0. The molecule has 1 atom stereocenters. The molecule has 0 amide bonds. The number of Topliss-reactive ketones (excluding diaryl/α,β-unsaturated/α-hetero) is 1. The summed E-state index contributed by atoms with van der Waals surface area (Å²) in [4.78, 5) is 10.2. The van der Waals surface area contributed by atoms with Gasteiger partial charge in [0.05, 0.1) is 11.1 Å².